The molecule has 2 nitrogen and oxygen atoms in total. The van der Waals surface area contributed by atoms with E-state index >= 15 is 0 Å². The molecule has 96 valence electrons. The monoisotopic (exact) mass is 235 g/mol. The second-order valence-corrected chi connectivity index (χ2v) is 6.14. The fourth-order valence-corrected chi connectivity index (χ4v) is 1.30. The zero-order valence-electron chi connectivity index (χ0n) is 11.7. The standard InChI is InChI=1S/C15H25NO/c1-12(2)10-17-14-8-6-13(7-9-14)16-11-15(3,4)5/h6-9,12,16H,10-11H2,1-5H3. The number of benzene rings is 1. The van der Waals surface area contributed by atoms with Gasteiger partial charge in [-0.3, -0.25) is 0 Å². The lowest BCUT2D eigenvalue weighted by Crippen LogP contribution is -2.18. The van der Waals surface area contributed by atoms with E-state index in [1.54, 1.807) is 0 Å². The summed E-state index contributed by atoms with van der Waals surface area (Å²) in [6, 6.07) is 8.18. The van der Waals surface area contributed by atoms with Crippen LogP contribution in [0.3, 0.4) is 0 Å². The van der Waals surface area contributed by atoms with Crippen LogP contribution in [0.15, 0.2) is 24.3 Å². The number of anilines is 1. The topological polar surface area (TPSA) is 21.3 Å². The van der Waals surface area contributed by atoms with Crippen LogP contribution in [-0.4, -0.2) is 13.2 Å². The van der Waals surface area contributed by atoms with Crippen molar-refractivity contribution in [2.45, 2.75) is 34.6 Å². The van der Waals surface area contributed by atoms with Crippen LogP contribution in [0.5, 0.6) is 5.75 Å². The Morgan fingerprint density at radius 3 is 2.18 bits per heavy atom. The van der Waals surface area contributed by atoms with Gasteiger partial charge in [-0.25, -0.2) is 0 Å². The normalized spacial score (nSPS) is 11.6. The molecule has 0 atom stereocenters. The third kappa shape index (κ3) is 6.20. The molecule has 0 aliphatic heterocycles. The lowest BCUT2D eigenvalue weighted by molar-refractivity contribution is 0.271. The fraction of sp³-hybridized carbons (Fsp3) is 0.600. The van der Waals surface area contributed by atoms with Gasteiger partial charge in [0, 0.05) is 12.2 Å². The van der Waals surface area contributed by atoms with Crippen LogP contribution in [0.1, 0.15) is 34.6 Å². The van der Waals surface area contributed by atoms with E-state index in [0.717, 1.165) is 24.6 Å². The lowest BCUT2D eigenvalue weighted by atomic mass is 9.97. The molecule has 2 heteroatoms. The number of hydrogen-bond acceptors (Lipinski definition) is 2. The van der Waals surface area contributed by atoms with Gasteiger partial charge in [-0.1, -0.05) is 34.6 Å². The molecule has 0 amide bonds. The van der Waals surface area contributed by atoms with Gasteiger partial charge in [-0.05, 0) is 35.6 Å². The van der Waals surface area contributed by atoms with Crippen LogP contribution in [0.2, 0.25) is 0 Å². The van der Waals surface area contributed by atoms with E-state index in [4.69, 9.17) is 4.74 Å². The smallest absolute Gasteiger partial charge is 0.119 e. The second kappa shape index (κ2) is 5.95. The molecule has 0 heterocycles. The van der Waals surface area contributed by atoms with E-state index in [2.05, 4.69) is 52.1 Å². The van der Waals surface area contributed by atoms with Crippen molar-refractivity contribution in [3.63, 3.8) is 0 Å². The first-order valence-electron chi connectivity index (χ1n) is 6.33. The summed E-state index contributed by atoms with van der Waals surface area (Å²) in [5, 5.41) is 3.42. The van der Waals surface area contributed by atoms with Crippen molar-refractivity contribution < 1.29 is 4.74 Å². The Morgan fingerprint density at radius 2 is 1.71 bits per heavy atom. The van der Waals surface area contributed by atoms with Gasteiger partial charge in [0.05, 0.1) is 6.61 Å². The SMILES string of the molecule is CC(C)COc1ccc(NCC(C)(C)C)cc1. The van der Waals surface area contributed by atoms with Crippen LogP contribution in [-0.2, 0) is 0 Å². The van der Waals surface area contributed by atoms with E-state index in [1.807, 2.05) is 12.1 Å². The molecular weight excluding hydrogens is 210 g/mol. The zero-order valence-corrected chi connectivity index (χ0v) is 11.7. The largest absolute Gasteiger partial charge is 0.493 e. The third-order valence-electron chi connectivity index (χ3n) is 2.26. The second-order valence-electron chi connectivity index (χ2n) is 6.14. The summed E-state index contributed by atoms with van der Waals surface area (Å²) in [5.41, 5.74) is 1.45. The molecule has 0 aliphatic carbocycles. The molecule has 0 radical (unpaired) electrons. The van der Waals surface area contributed by atoms with E-state index < -0.39 is 0 Å². The van der Waals surface area contributed by atoms with E-state index in [9.17, 15) is 0 Å². The van der Waals surface area contributed by atoms with Crippen LogP contribution >= 0.6 is 0 Å². The number of rotatable bonds is 5. The van der Waals surface area contributed by atoms with Gasteiger partial charge < -0.3 is 10.1 Å². The molecule has 0 aromatic heterocycles. The van der Waals surface area contributed by atoms with Crippen molar-refractivity contribution in [3.8, 4) is 5.75 Å². The van der Waals surface area contributed by atoms with Crippen LogP contribution < -0.4 is 10.1 Å². The molecule has 0 aliphatic rings. The minimum atomic E-state index is 0.298. The first-order chi connectivity index (χ1) is 7.87. The maximum Gasteiger partial charge on any atom is 0.119 e. The Morgan fingerprint density at radius 1 is 1.12 bits per heavy atom. The van der Waals surface area contributed by atoms with Gasteiger partial charge >= 0.3 is 0 Å². The Bertz CT molecular complexity index is 322. The molecule has 0 spiro atoms. The molecule has 0 saturated carbocycles. The molecule has 0 fully saturated rings. The molecule has 0 bridgehead atoms. The molecule has 1 aromatic carbocycles. The molecule has 17 heavy (non-hydrogen) atoms. The predicted molar refractivity (Wildman–Crippen MR) is 74.7 cm³/mol. The van der Waals surface area contributed by atoms with Crippen molar-refractivity contribution in [2.75, 3.05) is 18.5 Å². The number of ether oxygens (including phenoxy) is 1. The Kier molecular flexibility index (Phi) is 4.86. The van der Waals surface area contributed by atoms with Gasteiger partial charge in [0.1, 0.15) is 5.75 Å². The molecular formula is C15H25NO. The van der Waals surface area contributed by atoms with Gasteiger partial charge in [0.15, 0.2) is 0 Å². The van der Waals surface area contributed by atoms with E-state index in [-0.39, 0.29) is 0 Å². The maximum atomic E-state index is 5.64. The maximum absolute atomic E-state index is 5.64. The van der Waals surface area contributed by atoms with Crippen molar-refractivity contribution in [1.29, 1.82) is 0 Å². The summed E-state index contributed by atoms with van der Waals surface area (Å²) in [6.45, 7) is 12.7. The average Bonchev–Trinajstić information content (AvgIpc) is 2.24. The minimum absolute atomic E-state index is 0.298. The first-order valence-corrected chi connectivity index (χ1v) is 6.33. The molecule has 0 unspecified atom stereocenters. The quantitative estimate of drug-likeness (QED) is 0.826. The van der Waals surface area contributed by atoms with Crippen molar-refractivity contribution in [2.24, 2.45) is 11.3 Å². The Hall–Kier alpha value is -1.18. The zero-order chi connectivity index (χ0) is 12.9. The summed E-state index contributed by atoms with van der Waals surface area (Å²) in [6.07, 6.45) is 0. The third-order valence-corrected chi connectivity index (χ3v) is 2.26. The van der Waals surface area contributed by atoms with E-state index in [0.29, 0.717) is 11.3 Å². The van der Waals surface area contributed by atoms with E-state index in [1.165, 1.54) is 0 Å². The van der Waals surface area contributed by atoms with Crippen LogP contribution in [0, 0.1) is 11.3 Å². The molecule has 0 saturated heterocycles. The highest BCUT2D eigenvalue weighted by atomic mass is 16.5. The van der Waals surface area contributed by atoms with Crippen molar-refractivity contribution in [1.82, 2.24) is 0 Å². The van der Waals surface area contributed by atoms with Gasteiger partial charge in [0.25, 0.3) is 0 Å². The van der Waals surface area contributed by atoms with Crippen LogP contribution in [0.4, 0.5) is 5.69 Å². The first kappa shape index (κ1) is 13.9. The molecule has 1 N–H and O–H groups in total. The van der Waals surface area contributed by atoms with Crippen LogP contribution in [0.25, 0.3) is 0 Å². The fourth-order valence-electron chi connectivity index (χ4n) is 1.30. The molecule has 1 aromatic rings. The predicted octanol–water partition coefficient (Wildman–Crippen LogP) is 4.18. The summed E-state index contributed by atoms with van der Waals surface area (Å²) >= 11 is 0. The average molecular weight is 235 g/mol. The van der Waals surface area contributed by atoms with Crippen molar-refractivity contribution >= 4 is 5.69 Å². The summed E-state index contributed by atoms with van der Waals surface area (Å²) < 4.78 is 5.64. The van der Waals surface area contributed by atoms with Crippen molar-refractivity contribution in [3.05, 3.63) is 24.3 Å². The summed E-state index contributed by atoms with van der Waals surface area (Å²) in [4.78, 5) is 0. The highest BCUT2D eigenvalue weighted by molar-refractivity contribution is 5.46. The lowest BCUT2D eigenvalue weighted by Gasteiger charge is -2.19. The molecule has 1 rings (SSSR count). The Balaban J connectivity index is 2.45. The number of hydrogen-bond donors (Lipinski definition) is 1. The summed E-state index contributed by atoms with van der Waals surface area (Å²) in [7, 11) is 0. The highest BCUT2D eigenvalue weighted by Crippen LogP contribution is 2.19. The minimum Gasteiger partial charge on any atom is -0.493 e. The Labute approximate surface area is 105 Å². The highest BCUT2D eigenvalue weighted by Gasteiger charge is 2.09. The number of nitrogens with one attached hydrogen (secondary N) is 1. The van der Waals surface area contributed by atoms with Gasteiger partial charge in [0.2, 0.25) is 0 Å². The van der Waals surface area contributed by atoms with Gasteiger partial charge in [-0.15, -0.1) is 0 Å². The summed E-state index contributed by atoms with van der Waals surface area (Å²) in [5.74, 6) is 1.51. The van der Waals surface area contributed by atoms with Gasteiger partial charge in [-0.2, -0.15) is 0 Å².